The third-order valence-electron chi connectivity index (χ3n) is 6.97. The summed E-state index contributed by atoms with van der Waals surface area (Å²) in [6, 6.07) is 16.7. The van der Waals surface area contributed by atoms with E-state index < -0.39 is 47.1 Å². The number of hydrogen-bond donors (Lipinski definition) is 4. The highest BCUT2D eigenvalue weighted by molar-refractivity contribution is 5.94. The van der Waals surface area contributed by atoms with Crippen LogP contribution in [-0.2, 0) is 17.8 Å². The van der Waals surface area contributed by atoms with E-state index in [2.05, 4.69) is 10.3 Å². The van der Waals surface area contributed by atoms with Crippen molar-refractivity contribution in [3.05, 3.63) is 104 Å². The Morgan fingerprint density at radius 1 is 1.00 bits per heavy atom. The van der Waals surface area contributed by atoms with Crippen LogP contribution in [0.4, 0.5) is 4.79 Å². The van der Waals surface area contributed by atoms with E-state index in [9.17, 15) is 29.4 Å². The number of aliphatic hydroxyl groups is 2. The van der Waals surface area contributed by atoms with Gasteiger partial charge in [0.25, 0.3) is 11.5 Å². The Kier molecular flexibility index (Phi) is 9.09. The first kappa shape index (κ1) is 29.8. The highest BCUT2D eigenvalue weighted by Gasteiger charge is 2.43. The minimum atomic E-state index is -1.26. The van der Waals surface area contributed by atoms with Crippen molar-refractivity contribution in [3.63, 3.8) is 0 Å². The van der Waals surface area contributed by atoms with Crippen LogP contribution in [0.15, 0.2) is 76.4 Å². The highest BCUT2D eigenvalue weighted by Crippen LogP contribution is 2.35. The van der Waals surface area contributed by atoms with Crippen LogP contribution < -0.4 is 16.6 Å². The summed E-state index contributed by atoms with van der Waals surface area (Å²) in [6.45, 7) is 5.97. The highest BCUT2D eigenvalue weighted by atomic mass is 16.6. The van der Waals surface area contributed by atoms with Gasteiger partial charge in [0.15, 0.2) is 0 Å². The number of hydrogen-bond acceptors (Lipinski definition) is 7. The van der Waals surface area contributed by atoms with Crippen molar-refractivity contribution in [1.29, 1.82) is 0 Å². The van der Waals surface area contributed by atoms with Gasteiger partial charge in [0.1, 0.15) is 11.7 Å². The average molecular weight is 565 g/mol. The van der Waals surface area contributed by atoms with E-state index in [1.54, 1.807) is 49.9 Å². The molecule has 0 saturated heterocycles. The number of H-pyrrole nitrogens is 1. The summed E-state index contributed by atoms with van der Waals surface area (Å²) >= 11 is 0. The molecule has 0 radical (unpaired) electrons. The average Bonchev–Trinajstić information content (AvgIpc) is 3.19. The SMILES string of the molecule is CC(C)(C)OC(=O)NCc1ccc(C(=O)N(Cc2ccccc2)C[C@@H]2C[C@@H](n3ccc(=O)[nH]c3=O)[C@@H](O)[C@@H]2O)cc1. The standard InChI is InChI=1S/C30H36N4O7/c1-30(2,3)41-29(40)31-16-19-9-11-21(12-10-19)27(38)33(17-20-7-5-4-6-8-20)18-22-15-23(26(37)25(22)36)34-14-13-24(35)32-28(34)39/h4-14,22-23,25-26,36-37H,15-18H2,1-3H3,(H,31,40)(H,32,35,39)/t22-,23+,25+,26+/m0/s1. The van der Waals surface area contributed by atoms with Crippen LogP contribution in [0.1, 0.15) is 54.7 Å². The van der Waals surface area contributed by atoms with E-state index in [0.717, 1.165) is 11.1 Å². The fourth-order valence-electron chi connectivity index (χ4n) is 4.99. The summed E-state index contributed by atoms with van der Waals surface area (Å²) < 4.78 is 6.46. The summed E-state index contributed by atoms with van der Waals surface area (Å²) in [5.74, 6) is -0.800. The molecule has 41 heavy (non-hydrogen) atoms. The molecule has 218 valence electrons. The number of benzene rings is 2. The van der Waals surface area contributed by atoms with Gasteiger partial charge in [-0.3, -0.25) is 19.1 Å². The summed E-state index contributed by atoms with van der Waals surface area (Å²) in [4.78, 5) is 53.3. The van der Waals surface area contributed by atoms with Gasteiger partial charge in [-0.2, -0.15) is 0 Å². The van der Waals surface area contributed by atoms with Gasteiger partial charge in [0.05, 0.1) is 12.1 Å². The summed E-state index contributed by atoms with van der Waals surface area (Å²) in [7, 11) is 0. The lowest BCUT2D eigenvalue weighted by atomic mass is 10.0. The lowest BCUT2D eigenvalue weighted by Crippen LogP contribution is -2.39. The van der Waals surface area contributed by atoms with Gasteiger partial charge >= 0.3 is 11.8 Å². The zero-order chi connectivity index (χ0) is 29.7. The third-order valence-corrected chi connectivity index (χ3v) is 6.97. The molecule has 4 atom stereocenters. The zero-order valence-electron chi connectivity index (χ0n) is 23.3. The molecule has 1 aliphatic carbocycles. The number of carbonyl (C=O) groups excluding carboxylic acids is 2. The molecule has 2 amide bonds. The summed E-state index contributed by atoms with van der Waals surface area (Å²) in [5, 5.41) is 24.4. The first-order valence-electron chi connectivity index (χ1n) is 13.5. The van der Waals surface area contributed by atoms with Crippen LogP contribution in [0.2, 0.25) is 0 Å². The zero-order valence-corrected chi connectivity index (χ0v) is 23.3. The molecular formula is C30H36N4O7. The van der Waals surface area contributed by atoms with E-state index in [1.165, 1.54) is 16.8 Å². The van der Waals surface area contributed by atoms with Crippen molar-refractivity contribution in [2.24, 2.45) is 5.92 Å². The van der Waals surface area contributed by atoms with E-state index in [1.807, 2.05) is 30.3 Å². The Hall–Kier alpha value is -4.22. The normalized spacial score (nSPS) is 20.4. The molecular weight excluding hydrogens is 528 g/mol. The van der Waals surface area contributed by atoms with E-state index in [4.69, 9.17) is 4.74 Å². The number of rotatable bonds is 8. The molecule has 11 nitrogen and oxygen atoms in total. The van der Waals surface area contributed by atoms with Crippen LogP contribution in [0.25, 0.3) is 0 Å². The molecule has 4 rings (SSSR count). The molecule has 3 aromatic rings. The van der Waals surface area contributed by atoms with Crippen molar-refractivity contribution in [2.75, 3.05) is 6.54 Å². The molecule has 2 aromatic carbocycles. The van der Waals surface area contributed by atoms with Crippen molar-refractivity contribution in [3.8, 4) is 0 Å². The molecule has 0 aliphatic heterocycles. The molecule has 0 spiro atoms. The van der Waals surface area contributed by atoms with Gasteiger partial charge in [-0.05, 0) is 50.5 Å². The second kappa shape index (κ2) is 12.5. The van der Waals surface area contributed by atoms with Gasteiger partial charge in [-0.25, -0.2) is 9.59 Å². The minimum absolute atomic E-state index is 0.127. The Morgan fingerprint density at radius 3 is 2.32 bits per heavy atom. The Balaban J connectivity index is 1.50. The molecule has 0 unspecified atom stereocenters. The number of ether oxygens (including phenoxy) is 1. The minimum Gasteiger partial charge on any atom is -0.444 e. The molecule has 1 fully saturated rings. The van der Waals surface area contributed by atoms with Crippen molar-refractivity contribution < 1.29 is 24.5 Å². The second-order valence-corrected chi connectivity index (χ2v) is 11.3. The molecule has 1 saturated carbocycles. The fraction of sp³-hybridized carbons (Fsp3) is 0.400. The first-order chi connectivity index (χ1) is 19.4. The topological polar surface area (TPSA) is 154 Å². The van der Waals surface area contributed by atoms with Gasteiger partial charge in [0.2, 0.25) is 0 Å². The van der Waals surface area contributed by atoms with E-state index >= 15 is 0 Å². The third kappa shape index (κ3) is 7.71. The number of aromatic nitrogens is 2. The number of nitrogens with one attached hydrogen (secondary N) is 2. The van der Waals surface area contributed by atoms with Gasteiger partial charge in [-0.15, -0.1) is 0 Å². The first-order valence-corrected chi connectivity index (χ1v) is 13.5. The number of carbonyl (C=O) groups is 2. The Labute approximate surface area is 237 Å². The van der Waals surface area contributed by atoms with E-state index in [-0.39, 0.29) is 32.0 Å². The van der Waals surface area contributed by atoms with Gasteiger partial charge < -0.3 is 25.2 Å². The van der Waals surface area contributed by atoms with Crippen LogP contribution in [-0.4, -0.2) is 61.0 Å². The van der Waals surface area contributed by atoms with Gasteiger partial charge in [-0.1, -0.05) is 42.5 Å². The maximum Gasteiger partial charge on any atom is 0.407 e. The number of alkyl carbamates (subject to hydrolysis) is 1. The Morgan fingerprint density at radius 2 is 1.68 bits per heavy atom. The number of aromatic amines is 1. The predicted octanol–water partition coefficient (Wildman–Crippen LogP) is 2.19. The second-order valence-electron chi connectivity index (χ2n) is 11.3. The van der Waals surface area contributed by atoms with Crippen molar-refractivity contribution in [1.82, 2.24) is 19.8 Å². The maximum absolute atomic E-state index is 13.7. The largest absolute Gasteiger partial charge is 0.444 e. The van der Waals surface area contributed by atoms with Crippen LogP contribution in [0.5, 0.6) is 0 Å². The molecule has 1 aromatic heterocycles. The molecule has 1 heterocycles. The lowest BCUT2D eigenvalue weighted by Gasteiger charge is -2.28. The van der Waals surface area contributed by atoms with Gasteiger partial charge in [0, 0.05) is 43.4 Å². The summed E-state index contributed by atoms with van der Waals surface area (Å²) in [5.41, 5.74) is 0.256. The number of aliphatic hydroxyl groups excluding tert-OH is 2. The molecule has 1 aliphatic rings. The smallest absolute Gasteiger partial charge is 0.407 e. The monoisotopic (exact) mass is 564 g/mol. The lowest BCUT2D eigenvalue weighted by molar-refractivity contribution is -0.000551. The van der Waals surface area contributed by atoms with E-state index in [0.29, 0.717) is 5.56 Å². The number of nitrogens with zero attached hydrogens (tertiary/aromatic N) is 2. The van der Waals surface area contributed by atoms with Crippen molar-refractivity contribution >= 4 is 12.0 Å². The maximum atomic E-state index is 13.7. The predicted molar refractivity (Wildman–Crippen MR) is 151 cm³/mol. The van der Waals surface area contributed by atoms with Crippen molar-refractivity contribution in [2.45, 2.75) is 64.1 Å². The quantitative estimate of drug-likeness (QED) is 0.327. The van der Waals surface area contributed by atoms with Crippen LogP contribution >= 0.6 is 0 Å². The van der Waals surface area contributed by atoms with Crippen LogP contribution in [0, 0.1) is 5.92 Å². The molecule has 4 N–H and O–H groups in total. The fourth-order valence-corrected chi connectivity index (χ4v) is 4.99. The molecule has 0 bridgehead atoms. The number of amides is 2. The van der Waals surface area contributed by atoms with Crippen LogP contribution in [0.3, 0.4) is 0 Å². The Bertz CT molecular complexity index is 1460. The summed E-state index contributed by atoms with van der Waals surface area (Å²) in [6.07, 6.45) is -1.45. The molecule has 11 heteroatoms.